The van der Waals surface area contributed by atoms with Gasteiger partial charge < -0.3 is 5.73 Å². The quantitative estimate of drug-likeness (QED) is 0.778. The number of nitrogens with two attached hydrogens (primary N) is 1. The van der Waals surface area contributed by atoms with Crippen molar-refractivity contribution in [2.75, 3.05) is 17.2 Å². The molecule has 106 valence electrons. The summed E-state index contributed by atoms with van der Waals surface area (Å²) < 4.78 is 49.7. The molecule has 1 aliphatic rings. The standard InChI is InChI=1S/C10H15N3O4S2/c1-10(3-5-18(14,15)7-10)13-19(16,17)9-6-12-4-2-8(9)11/h2,4,6,13H,3,5,7H2,1H3,(H2,11,12). The third-order valence-electron chi connectivity index (χ3n) is 2.99. The number of sulfone groups is 1. The number of rotatable bonds is 3. The van der Waals surface area contributed by atoms with Crippen LogP contribution in [0.4, 0.5) is 5.69 Å². The molecule has 0 amide bonds. The highest BCUT2D eigenvalue weighted by atomic mass is 32.2. The fourth-order valence-corrected chi connectivity index (χ4v) is 5.78. The van der Waals surface area contributed by atoms with Crippen molar-refractivity contribution in [2.45, 2.75) is 23.8 Å². The van der Waals surface area contributed by atoms with Crippen LogP contribution in [0.15, 0.2) is 23.4 Å². The lowest BCUT2D eigenvalue weighted by molar-refractivity contribution is 0.462. The topological polar surface area (TPSA) is 119 Å². The van der Waals surface area contributed by atoms with Crippen molar-refractivity contribution < 1.29 is 16.8 Å². The number of nitrogens with one attached hydrogen (secondary N) is 1. The fraction of sp³-hybridized carbons (Fsp3) is 0.500. The van der Waals surface area contributed by atoms with Crippen LogP contribution >= 0.6 is 0 Å². The minimum Gasteiger partial charge on any atom is -0.398 e. The Morgan fingerprint density at radius 2 is 2.16 bits per heavy atom. The second kappa shape index (κ2) is 4.43. The zero-order valence-electron chi connectivity index (χ0n) is 10.3. The number of anilines is 1. The summed E-state index contributed by atoms with van der Waals surface area (Å²) in [7, 11) is -7.08. The first-order chi connectivity index (χ1) is 8.64. The molecular weight excluding hydrogens is 290 g/mol. The number of nitrogens with zero attached hydrogens (tertiary/aromatic N) is 1. The average molecular weight is 305 g/mol. The van der Waals surface area contributed by atoms with Gasteiger partial charge in [-0.05, 0) is 19.4 Å². The lowest BCUT2D eigenvalue weighted by atomic mass is 10.0. The smallest absolute Gasteiger partial charge is 0.244 e. The Bertz CT molecular complexity index is 699. The first kappa shape index (κ1) is 14.2. The van der Waals surface area contributed by atoms with Gasteiger partial charge in [-0.15, -0.1) is 0 Å². The Balaban J connectivity index is 2.31. The molecule has 1 unspecified atom stereocenters. The van der Waals surface area contributed by atoms with Crippen molar-refractivity contribution in [1.82, 2.24) is 9.71 Å². The van der Waals surface area contributed by atoms with Crippen LogP contribution < -0.4 is 10.5 Å². The SMILES string of the molecule is CC1(NS(=O)(=O)c2cnccc2N)CCS(=O)(=O)C1. The molecule has 1 aromatic rings. The van der Waals surface area contributed by atoms with Gasteiger partial charge in [0.2, 0.25) is 10.0 Å². The van der Waals surface area contributed by atoms with E-state index in [9.17, 15) is 16.8 Å². The van der Waals surface area contributed by atoms with Gasteiger partial charge in [0.05, 0.1) is 17.2 Å². The zero-order chi connectivity index (χ0) is 14.3. The summed E-state index contributed by atoms with van der Waals surface area (Å²) in [5.41, 5.74) is 4.68. The van der Waals surface area contributed by atoms with Crippen LogP contribution in [0.5, 0.6) is 0 Å². The molecule has 1 aromatic heterocycles. The van der Waals surface area contributed by atoms with Gasteiger partial charge in [-0.3, -0.25) is 4.98 Å². The summed E-state index contributed by atoms with van der Waals surface area (Å²) >= 11 is 0. The van der Waals surface area contributed by atoms with Crippen LogP contribution in [0.3, 0.4) is 0 Å². The van der Waals surface area contributed by atoms with Gasteiger partial charge in [0, 0.05) is 17.9 Å². The highest BCUT2D eigenvalue weighted by Gasteiger charge is 2.41. The van der Waals surface area contributed by atoms with E-state index in [0.29, 0.717) is 0 Å². The van der Waals surface area contributed by atoms with E-state index in [4.69, 9.17) is 5.73 Å². The minimum atomic E-state index is -3.88. The van der Waals surface area contributed by atoms with Crippen molar-refractivity contribution in [3.05, 3.63) is 18.5 Å². The average Bonchev–Trinajstić information content (AvgIpc) is 2.52. The molecule has 1 saturated heterocycles. The second-order valence-corrected chi connectivity index (χ2v) is 8.76. The lowest BCUT2D eigenvalue weighted by Crippen LogP contribution is -2.46. The summed E-state index contributed by atoms with van der Waals surface area (Å²) in [6.07, 6.45) is 2.77. The largest absolute Gasteiger partial charge is 0.398 e. The molecule has 1 fully saturated rings. The first-order valence-corrected chi connectivity index (χ1v) is 8.88. The molecule has 0 bridgehead atoms. The van der Waals surface area contributed by atoms with E-state index in [-0.39, 0.29) is 28.5 Å². The van der Waals surface area contributed by atoms with Gasteiger partial charge in [0.1, 0.15) is 4.90 Å². The Kier molecular flexibility index (Phi) is 3.31. The third-order valence-corrected chi connectivity index (χ3v) is 6.57. The molecule has 2 heterocycles. The summed E-state index contributed by atoms with van der Waals surface area (Å²) in [5.74, 6) is -0.228. The number of hydrogen-bond donors (Lipinski definition) is 2. The molecule has 1 atom stereocenters. The van der Waals surface area contributed by atoms with Crippen LogP contribution in [0.25, 0.3) is 0 Å². The molecule has 3 N–H and O–H groups in total. The van der Waals surface area contributed by atoms with E-state index in [1.807, 2.05) is 0 Å². The molecule has 9 heteroatoms. The maximum absolute atomic E-state index is 12.2. The predicted octanol–water partition coefficient (Wildman–Crippen LogP) is -0.481. The molecule has 1 aliphatic heterocycles. The van der Waals surface area contributed by atoms with Crippen LogP contribution in [0.1, 0.15) is 13.3 Å². The van der Waals surface area contributed by atoms with Crippen LogP contribution in [0.2, 0.25) is 0 Å². The van der Waals surface area contributed by atoms with Crippen LogP contribution in [0, 0.1) is 0 Å². The van der Waals surface area contributed by atoms with Crippen molar-refractivity contribution in [2.24, 2.45) is 0 Å². The number of sulfonamides is 1. The lowest BCUT2D eigenvalue weighted by Gasteiger charge is -2.23. The van der Waals surface area contributed by atoms with Crippen molar-refractivity contribution in [3.63, 3.8) is 0 Å². The monoisotopic (exact) mass is 305 g/mol. The zero-order valence-corrected chi connectivity index (χ0v) is 12.0. The molecule has 0 aliphatic carbocycles. The van der Waals surface area contributed by atoms with Crippen LogP contribution in [-0.2, 0) is 19.9 Å². The van der Waals surface area contributed by atoms with Gasteiger partial charge in [0.15, 0.2) is 9.84 Å². The Morgan fingerprint density at radius 1 is 1.47 bits per heavy atom. The minimum absolute atomic E-state index is 0.0193. The van der Waals surface area contributed by atoms with E-state index >= 15 is 0 Å². The molecule has 7 nitrogen and oxygen atoms in total. The first-order valence-electron chi connectivity index (χ1n) is 5.58. The molecule has 19 heavy (non-hydrogen) atoms. The van der Waals surface area contributed by atoms with E-state index < -0.39 is 25.4 Å². The fourth-order valence-electron chi connectivity index (χ4n) is 2.09. The third kappa shape index (κ3) is 3.04. The highest BCUT2D eigenvalue weighted by Crippen LogP contribution is 2.26. The van der Waals surface area contributed by atoms with Crippen molar-refractivity contribution >= 4 is 25.5 Å². The maximum Gasteiger partial charge on any atom is 0.244 e. The van der Waals surface area contributed by atoms with Crippen LogP contribution in [-0.4, -0.2) is 38.9 Å². The van der Waals surface area contributed by atoms with Gasteiger partial charge in [-0.25, -0.2) is 21.6 Å². The van der Waals surface area contributed by atoms with Gasteiger partial charge in [-0.1, -0.05) is 0 Å². The maximum atomic E-state index is 12.2. The number of hydrogen-bond acceptors (Lipinski definition) is 6. The molecule has 2 rings (SSSR count). The summed E-state index contributed by atoms with van der Waals surface area (Å²) in [6.45, 7) is 1.57. The second-order valence-electron chi connectivity index (χ2n) is 4.92. The normalized spacial score (nSPS) is 26.4. The molecular formula is C10H15N3O4S2. The van der Waals surface area contributed by atoms with Crippen molar-refractivity contribution in [1.29, 1.82) is 0 Å². The highest BCUT2D eigenvalue weighted by molar-refractivity contribution is 7.92. The summed E-state index contributed by atoms with van der Waals surface area (Å²) in [4.78, 5) is 3.58. The molecule has 0 radical (unpaired) electrons. The number of aromatic nitrogens is 1. The Labute approximate surface area is 112 Å². The number of nitrogen functional groups attached to an aromatic ring is 1. The Hall–Kier alpha value is -1.19. The van der Waals surface area contributed by atoms with E-state index in [1.165, 1.54) is 12.3 Å². The van der Waals surface area contributed by atoms with Gasteiger partial charge in [0.25, 0.3) is 0 Å². The van der Waals surface area contributed by atoms with Crippen molar-refractivity contribution in [3.8, 4) is 0 Å². The molecule has 0 spiro atoms. The molecule has 0 aromatic carbocycles. The number of pyridine rings is 1. The predicted molar refractivity (Wildman–Crippen MR) is 70.6 cm³/mol. The summed E-state index contributed by atoms with van der Waals surface area (Å²) in [6, 6.07) is 1.38. The van der Waals surface area contributed by atoms with E-state index in [1.54, 1.807) is 6.92 Å². The van der Waals surface area contributed by atoms with E-state index in [0.717, 1.165) is 6.20 Å². The van der Waals surface area contributed by atoms with Gasteiger partial charge >= 0.3 is 0 Å². The Morgan fingerprint density at radius 3 is 2.68 bits per heavy atom. The van der Waals surface area contributed by atoms with E-state index in [2.05, 4.69) is 9.71 Å². The van der Waals surface area contributed by atoms with Gasteiger partial charge in [-0.2, -0.15) is 0 Å². The molecule has 0 saturated carbocycles. The summed E-state index contributed by atoms with van der Waals surface area (Å²) in [5, 5.41) is 0.